The Balaban J connectivity index is 0.00000128. The number of fused-ring (bicyclic) bond motifs is 1. The number of aromatic carboxylic acids is 1. The average molecular weight is 255 g/mol. The molecule has 2 aromatic heterocycles. The van der Waals surface area contributed by atoms with Crippen molar-refractivity contribution in [1.29, 1.82) is 0 Å². The van der Waals surface area contributed by atoms with Crippen molar-refractivity contribution in [1.82, 2.24) is 9.97 Å². The van der Waals surface area contributed by atoms with Crippen molar-refractivity contribution < 1.29 is 14.8 Å². The molecule has 0 unspecified atom stereocenters. The number of aromatic amines is 1. The Hall–Kier alpha value is -0.440. The van der Waals surface area contributed by atoms with Crippen molar-refractivity contribution in [2.75, 3.05) is 0 Å². The third kappa shape index (κ3) is 3.27. The van der Waals surface area contributed by atoms with Crippen molar-refractivity contribution in [3.8, 4) is 0 Å². The number of rotatable bonds is 2. The van der Waals surface area contributed by atoms with Gasteiger partial charge in [0, 0.05) is 17.6 Å². The first kappa shape index (κ1) is 16.6. The Bertz CT molecular complexity index is 569. The van der Waals surface area contributed by atoms with Crippen LogP contribution in [-0.4, -0.2) is 85.1 Å². The molecule has 80 valence electrons. The minimum absolute atomic E-state index is 0. The predicted molar refractivity (Wildman–Crippen MR) is 64.0 cm³/mol. The molecule has 0 aliphatic rings. The first-order valence-electron chi connectivity index (χ1n) is 3.94. The molecule has 0 saturated heterocycles. The first-order chi connectivity index (χ1) is 7.09. The zero-order chi connectivity index (χ0) is 11.0. The SMILES string of the molecule is O=C(O)c1c[nH]c2ncc([N+](=O)[O-])cc12.[NaH].[NaH]. The van der Waals surface area contributed by atoms with Gasteiger partial charge in [-0.1, -0.05) is 0 Å². The van der Waals surface area contributed by atoms with E-state index in [0.29, 0.717) is 5.65 Å². The molecule has 2 heterocycles. The molecule has 0 saturated carbocycles. The summed E-state index contributed by atoms with van der Waals surface area (Å²) >= 11 is 0. The molecule has 17 heavy (non-hydrogen) atoms. The molecule has 9 heteroatoms. The molecule has 0 aliphatic heterocycles. The maximum absolute atomic E-state index is 10.7. The van der Waals surface area contributed by atoms with Crippen molar-refractivity contribution in [3.05, 3.63) is 34.1 Å². The van der Waals surface area contributed by atoms with Crippen LogP contribution in [0, 0.1) is 10.1 Å². The van der Waals surface area contributed by atoms with E-state index in [1.807, 2.05) is 0 Å². The topological polar surface area (TPSA) is 109 Å². The summed E-state index contributed by atoms with van der Waals surface area (Å²) in [5.41, 5.74) is 0.0591. The summed E-state index contributed by atoms with van der Waals surface area (Å²) < 4.78 is 0. The van der Waals surface area contributed by atoms with Gasteiger partial charge in [-0.15, -0.1) is 0 Å². The van der Waals surface area contributed by atoms with Crippen LogP contribution < -0.4 is 0 Å². The van der Waals surface area contributed by atoms with E-state index in [9.17, 15) is 14.9 Å². The summed E-state index contributed by atoms with van der Waals surface area (Å²) in [4.78, 5) is 26.9. The van der Waals surface area contributed by atoms with Crippen LogP contribution in [0.3, 0.4) is 0 Å². The summed E-state index contributed by atoms with van der Waals surface area (Å²) in [6, 6.07) is 1.18. The van der Waals surface area contributed by atoms with Crippen molar-refractivity contribution in [3.63, 3.8) is 0 Å². The average Bonchev–Trinajstić information content (AvgIpc) is 2.59. The molecule has 7 nitrogen and oxygen atoms in total. The fourth-order valence-electron chi connectivity index (χ4n) is 1.27. The van der Waals surface area contributed by atoms with Gasteiger partial charge in [-0.3, -0.25) is 10.1 Å². The first-order valence-corrected chi connectivity index (χ1v) is 3.94. The van der Waals surface area contributed by atoms with E-state index in [1.54, 1.807) is 0 Å². The number of hydrogen-bond acceptors (Lipinski definition) is 4. The molecule has 0 spiro atoms. The second-order valence-corrected chi connectivity index (χ2v) is 2.85. The second kappa shape index (κ2) is 6.48. The van der Waals surface area contributed by atoms with Crippen LogP contribution in [0.15, 0.2) is 18.5 Å². The molecule has 0 bridgehead atoms. The summed E-state index contributed by atoms with van der Waals surface area (Å²) in [5, 5.41) is 19.5. The van der Waals surface area contributed by atoms with Crippen molar-refractivity contribution in [2.45, 2.75) is 0 Å². The molecule has 0 amide bonds. The fraction of sp³-hybridized carbons (Fsp3) is 0. The summed E-state index contributed by atoms with van der Waals surface area (Å²) in [5.74, 6) is -1.15. The summed E-state index contributed by atoms with van der Waals surface area (Å²) in [7, 11) is 0. The van der Waals surface area contributed by atoms with Crippen molar-refractivity contribution in [2.24, 2.45) is 0 Å². The molecule has 0 atom stereocenters. The van der Waals surface area contributed by atoms with E-state index in [0.717, 1.165) is 6.20 Å². The molecule has 0 fully saturated rings. The number of nitrogens with zero attached hydrogens (tertiary/aromatic N) is 2. The Morgan fingerprint density at radius 1 is 1.47 bits per heavy atom. The summed E-state index contributed by atoms with van der Waals surface area (Å²) in [6.45, 7) is 0. The van der Waals surface area contributed by atoms with E-state index in [1.165, 1.54) is 12.3 Å². The third-order valence-electron chi connectivity index (χ3n) is 1.96. The molecule has 0 radical (unpaired) electrons. The molecular formula is C8H7N3Na2O4. The van der Waals surface area contributed by atoms with Crippen LogP contribution >= 0.6 is 0 Å². The zero-order valence-corrected chi connectivity index (χ0v) is 7.30. The van der Waals surface area contributed by atoms with E-state index in [4.69, 9.17) is 5.11 Å². The van der Waals surface area contributed by atoms with Crippen LogP contribution in [0.5, 0.6) is 0 Å². The number of carboxylic acids is 1. The van der Waals surface area contributed by atoms with Gasteiger partial charge in [-0.2, -0.15) is 0 Å². The molecule has 2 N–H and O–H groups in total. The normalized spacial score (nSPS) is 9.18. The second-order valence-electron chi connectivity index (χ2n) is 2.85. The van der Waals surface area contributed by atoms with Crippen LogP contribution in [0.25, 0.3) is 11.0 Å². The van der Waals surface area contributed by atoms with Crippen LogP contribution in [0.1, 0.15) is 10.4 Å². The van der Waals surface area contributed by atoms with Gasteiger partial charge in [0.2, 0.25) is 0 Å². The van der Waals surface area contributed by atoms with Gasteiger partial charge in [0.25, 0.3) is 5.69 Å². The Morgan fingerprint density at radius 3 is 2.65 bits per heavy atom. The maximum atomic E-state index is 10.7. The van der Waals surface area contributed by atoms with E-state index >= 15 is 0 Å². The Labute approximate surface area is 139 Å². The Kier molecular flexibility index (Phi) is 6.31. The van der Waals surface area contributed by atoms with Crippen LogP contribution in [0.2, 0.25) is 0 Å². The standard InChI is InChI=1S/C8H5N3O4.2Na.2H/c12-8(13)6-3-10-7-5(6)1-4(2-9-7)11(14)15;;;;/h1-3H,(H,9,10)(H,12,13);;;;. The zero-order valence-electron chi connectivity index (χ0n) is 7.30. The number of pyridine rings is 1. The monoisotopic (exact) mass is 255 g/mol. The van der Waals surface area contributed by atoms with Crippen LogP contribution in [0.4, 0.5) is 5.69 Å². The van der Waals surface area contributed by atoms with Gasteiger partial charge in [0.05, 0.1) is 10.5 Å². The third-order valence-corrected chi connectivity index (χ3v) is 1.96. The van der Waals surface area contributed by atoms with Gasteiger partial charge in [0.1, 0.15) is 11.8 Å². The van der Waals surface area contributed by atoms with Crippen molar-refractivity contribution >= 4 is 81.8 Å². The molecule has 2 aromatic rings. The minimum atomic E-state index is -1.15. The number of carboxylic acid groups (broad SMARTS) is 1. The fourth-order valence-corrected chi connectivity index (χ4v) is 1.27. The quantitative estimate of drug-likeness (QED) is 0.441. The molecule has 0 aromatic carbocycles. The Morgan fingerprint density at radius 2 is 2.12 bits per heavy atom. The van der Waals surface area contributed by atoms with Gasteiger partial charge in [-0.25, -0.2) is 9.78 Å². The van der Waals surface area contributed by atoms with E-state index < -0.39 is 10.9 Å². The van der Waals surface area contributed by atoms with Crippen LogP contribution in [-0.2, 0) is 0 Å². The number of hydrogen-bond donors (Lipinski definition) is 2. The summed E-state index contributed by atoms with van der Waals surface area (Å²) in [6.07, 6.45) is 2.33. The number of nitro groups is 1. The molecule has 2 rings (SSSR count). The van der Waals surface area contributed by atoms with Gasteiger partial charge in [-0.05, 0) is 0 Å². The molecule has 0 aliphatic carbocycles. The number of nitrogens with one attached hydrogen (secondary N) is 1. The number of H-pyrrole nitrogens is 1. The van der Waals surface area contributed by atoms with E-state index in [2.05, 4.69) is 9.97 Å². The molecular weight excluding hydrogens is 248 g/mol. The van der Waals surface area contributed by atoms with Gasteiger partial charge < -0.3 is 10.1 Å². The van der Waals surface area contributed by atoms with Gasteiger partial charge in [0.15, 0.2) is 0 Å². The predicted octanol–water partition coefficient (Wildman–Crippen LogP) is -0.128. The van der Waals surface area contributed by atoms with Gasteiger partial charge >= 0.3 is 65.1 Å². The number of aromatic nitrogens is 2. The van der Waals surface area contributed by atoms with E-state index in [-0.39, 0.29) is 75.8 Å². The number of carbonyl (C=O) groups is 1.